The lowest BCUT2D eigenvalue weighted by atomic mass is 9.92. The minimum absolute atomic E-state index is 0.139. The van der Waals surface area contributed by atoms with E-state index in [1.165, 1.54) is 23.9 Å². The molecule has 3 heterocycles. The topological polar surface area (TPSA) is 404 Å². The molecular formula is C79H178N14O15S6. The second kappa shape index (κ2) is 50.0. The third-order valence-electron chi connectivity index (χ3n) is 16.9. The summed E-state index contributed by atoms with van der Waals surface area (Å²) in [6.45, 7) is 79.9. The highest BCUT2D eigenvalue weighted by Gasteiger charge is 2.37. The number of sulfonamides is 3. The number of carbonyl (C=O) groups excluding carboxylic acids is 6. The maximum Gasteiger partial charge on any atom is 0.312 e. The second-order valence-corrected chi connectivity index (χ2v) is 58.4. The summed E-state index contributed by atoms with van der Waals surface area (Å²) in [5.41, 5.74) is 3.66. The van der Waals surface area contributed by atoms with Gasteiger partial charge in [-0.25, -0.2) is 51.7 Å². The van der Waals surface area contributed by atoms with Crippen molar-refractivity contribution in [3.05, 3.63) is 0 Å². The van der Waals surface area contributed by atoms with Gasteiger partial charge in [-0.05, 0) is 187 Å². The zero-order chi connectivity index (χ0) is 95.0. The Hall–Kier alpha value is -3.52. The Labute approximate surface area is 702 Å². The number of amides is 5. The van der Waals surface area contributed by atoms with Crippen molar-refractivity contribution >= 4 is 94.6 Å². The number of Topliss-reactive ketones (excluding diaryl/α,β-unsaturated/α-hetero) is 2. The highest BCUT2D eigenvalue weighted by Crippen LogP contribution is 2.24. The normalized spacial score (nSPS) is 16.2. The van der Waals surface area contributed by atoms with Gasteiger partial charge < -0.3 is 40.4 Å². The summed E-state index contributed by atoms with van der Waals surface area (Å²) in [4.78, 5) is 78.0. The average Bonchev–Trinajstić information content (AvgIpc) is 0.791. The summed E-state index contributed by atoms with van der Waals surface area (Å²) in [7, 11) is -2.05. The molecule has 114 heavy (non-hydrogen) atoms. The lowest BCUT2D eigenvalue weighted by Gasteiger charge is -2.36. The van der Waals surface area contributed by atoms with Crippen LogP contribution in [-0.4, -0.2) is 299 Å². The Balaban J connectivity index is -0.000000152. The first-order valence-corrected chi connectivity index (χ1v) is 48.8. The fraction of sp³-hybridized carbons (Fsp3) is 0.924. The van der Waals surface area contributed by atoms with Crippen LogP contribution < -0.4 is 15.8 Å². The van der Waals surface area contributed by atoms with E-state index in [1.54, 1.807) is 141 Å². The van der Waals surface area contributed by atoms with Crippen LogP contribution in [0.5, 0.6) is 0 Å². The van der Waals surface area contributed by atoms with E-state index < -0.39 is 84.3 Å². The minimum atomic E-state index is -3.12. The number of piperazine rings is 3. The van der Waals surface area contributed by atoms with Gasteiger partial charge in [0.1, 0.15) is 11.6 Å². The summed E-state index contributed by atoms with van der Waals surface area (Å²) >= 11 is 0. The lowest BCUT2D eigenvalue weighted by molar-refractivity contribution is -0.141. The van der Waals surface area contributed by atoms with Gasteiger partial charge in [-0.1, -0.05) is 113 Å². The molecule has 0 spiro atoms. The molecule has 0 aromatic heterocycles. The molecule has 7 N–H and O–H groups in total. The smallest absolute Gasteiger partial charge is 0.312 e. The summed E-state index contributed by atoms with van der Waals surface area (Å²) in [6, 6.07) is -0.475. The molecule has 3 aliphatic heterocycles. The Morgan fingerprint density at radius 3 is 0.675 bits per heavy atom. The van der Waals surface area contributed by atoms with Crippen molar-refractivity contribution < 1.29 is 66.6 Å². The monoisotopic (exact) mass is 1760 g/mol. The van der Waals surface area contributed by atoms with Crippen molar-refractivity contribution in [3.63, 3.8) is 0 Å². The Morgan fingerprint density at radius 2 is 0.596 bits per heavy atom. The molecule has 0 aliphatic carbocycles. The van der Waals surface area contributed by atoms with E-state index >= 15 is 0 Å². The van der Waals surface area contributed by atoms with E-state index in [-0.39, 0.29) is 71.4 Å². The Bertz CT molecular complexity index is 3380. The number of carbonyl (C=O) groups is 6. The van der Waals surface area contributed by atoms with Crippen LogP contribution in [-0.2, 0) is 83.2 Å². The number of nitrogens with zero attached hydrogens (tertiary/aromatic N) is 8. The molecule has 3 rings (SSSR count). The van der Waals surface area contributed by atoms with Crippen LogP contribution in [0.2, 0.25) is 0 Å². The van der Waals surface area contributed by atoms with E-state index in [4.69, 9.17) is 20.1 Å². The van der Waals surface area contributed by atoms with E-state index in [2.05, 4.69) is 38.8 Å². The Morgan fingerprint density at radius 1 is 0.368 bits per heavy atom. The second-order valence-electron chi connectivity index (χ2n) is 41.4. The molecule has 0 aromatic rings. The zero-order valence-corrected chi connectivity index (χ0v) is 86.6. The van der Waals surface area contributed by atoms with Gasteiger partial charge in [0.15, 0.2) is 9.84 Å². The highest BCUT2D eigenvalue weighted by atomic mass is 32.2. The van der Waals surface area contributed by atoms with E-state index in [0.717, 1.165) is 65.4 Å². The van der Waals surface area contributed by atoms with Crippen LogP contribution in [0.4, 0.5) is 4.79 Å². The first-order chi connectivity index (χ1) is 49.0. The quantitative estimate of drug-likeness (QED) is 0.153. The molecular weight excluding hydrogens is 1580 g/mol. The van der Waals surface area contributed by atoms with Gasteiger partial charge in [0.25, 0.3) is 0 Å². The molecule has 3 aliphatic rings. The fourth-order valence-electron chi connectivity index (χ4n) is 6.28. The molecule has 3 fully saturated rings. The van der Waals surface area contributed by atoms with Crippen LogP contribution in [0.25, 0.3) is 0 Å². The van der Waals surface area contributed by atoms with Crippen molar-refractivity contribution in [3.8, 4) is 0 Å². The van der Waals surface area contributed by atoms with E-state index in [9.17, 15) is 66.6 Å². The lowest BCUT2D eigenvalue weighted by Crippen LogP contribution is -2.51. The van der Waals surface area contributed by atoms with Gasteiger partial charge in [0.2, 0.25) is 47.8 Å². The van der Waals surface area contributed by atoms with Gasteiger partial charge in [-0.2, -0.15) is 4.31 Å². The molecule has 0 radical (unpaired) electrons. The van der Waals surface area contributed by atoms with Crippen molar-refractivity contribution in [2.45, 2.75) is 297 Å². The molecule has 35 heteroatoms. The van der Waals surface area contributed by atoms with Crippen LogP contribution in [0, 0.1) is 41.4 Å². The molecule has 690 valence electrons. The summed E-state index contributed by atoms with van der Waals surface area (Å²) in [5.74, 6) is 1.21. The number of urea groups is 1. The van der Waals surface area contributed by atoms with Gasteiger partial charge >= 0.3 is 6.03 Å². The standard InChI is InChI=1S/2C10H20N2O.C9H20N2O2S.C7H15NO.C6H15NO2S.2C6H12O.C5H12N2O.C5H14N2S.C5H13NO2S.C5H13NOS.C5H12O2S/c2*1-10(2,3)9(13)12-7-5-11(4)6-8-12;1-9(2,3)14(12,13)11-7-5-10(4)6-8-11;1-7(2,3)6(9)8(4)5;1-6(2,3)10(8,9)7(4)5;2*1-5(7)6(2,3)4;1-5(2,3)7-4(6)8;1-5(2,3)8(4,6)7;1-5(2,3)9(7,8)6-4;2*1-5(2,3)8(4,6)7/h2*5-8H2,1-4H3;5-8H2,1-4H3;1-5H3;1-5H3;2*1-4H3;1-3H3,(H3,6,7,8);6-7H,1-4H3;6H,1-4H3;6H,1-4H3;1-4H3. The molecule has 0 aromatic carbocycles. The van der Waals surface area contributed by atoms with Crippen LogP contribution in [0.1, 0.15) is 263 Å². The number of sulfone groups is 1. The van der Waals surface area contributed by atoms with Crippen LogP contribution in [0.15, 0.2) is 0 Å². The van der Waals surface area contributed by atoms with Crippen molar-refractivity contribution in [2.75, 3.05) is 154 Å². The summed E-state index contributed by atoms with van der Waals surface area (Å²) < 4.78 is 124. The predicted molar refractivity (Wildman–Crippen MR) is 485 cm³/mol. The fourth-order valence-corrected chi connectivity index (χ4v) is 9.40. The molecule has 1 atom stereocenters. The number of nitrogens with one attached hydrogen (secondary N) is 5. The number of hydrogen-bond donors (Lipinski definition) is 6. The first-order valence-electron chi connectivity index (χ1n) is 38.5. The van der Waals surface area contributed by atoms with Crippen molar-refractivity contribution in [1.82, 2.24) is 48.0 Å². The molecule has 1 unspecified atom stereocenters. The van der Waals surface area contributed by atoms with Gasteiger partial charge in [-0.15, -0.1) is 0 Å². The van der Waals surface area contributed by atoms with E-state index in [0.29, 0.717) is 13.1 Å². The summed E-state index contributed by atoms with van der Waals surface area (Å²) in [5, 5.41) is 2.52. The maximum atomic E-state index is 12.0. The van der Waals surface area contributed by atoms with Crippen LogP contribution >= 0.6 is 0 Å². The largest absolute Gasteiger partial charge is 0.352 e. The summed E-state index contributed by atoms with van der Waals surface area (Å²) in [6.07, 6.45) is 4.40. The van der Waals surface area contributed by atoms with Crippen molar-refractivity contribution in [2.24, 2.45) is 32.8 Å². The van der Waals surface area contributed by atoms with E-state index in [1.807, 2.05) is 183 Å². The molecule has 0 bridgehead atoms. The van der Waals surface area contributed by atoms with Gasteiger partial charge in [0, 0.05) is 177 Å². The zero-order valence-electron chi connectivity index (χ0n) is 81.7. The minimum Gasteiger partial charge on any atom is -0.352 e. The number of rotatable bonds is 3. The van der Waals surface area contributed by atoms with Crippen molar-refractivity contribution in [1.29, 1.82) is 14.3 Å². The molecule has 0 saturated carbocycles. The highest BCUT2D eigenvalue weighted by molar-refractivity contribution is 7.94. The Kier molecular flexibility index (Phi) is 56.4. The maximum absolute atomic E-state index is 12.0. The number of likely N-dealkylation sites (N-methyl/N-ethyl adjacent to an activating group) is 3. The number of ketones is 2. The number of primary amides is 1. The first kappa shape index (κ1) is 129. The molecule has 5 amide bonds. The van der Waals surface area contributed by atoms with Crippen LogP contribution in [0.3, 0.4) is 0 Å². The molecule has 3 saturated heterocycles. The van der Waals surface area contributed by atoms with Gasteiger partial charge in [-0.3, -0.25) is 38.3 Å². The SMILES string of the molecule is CC(=O)C(C)(C)C.CC(=O)C(C)(C)C.CC(C)(C)NC(N)=O.CC(C)(C)S(C)(=N)=N.CC(C)(C)S(C)(=N)=O.CC(C)(C)S(C)(=O)=O.CN(C)C(=O)C(C)(C)C.CN(C)S(=O)(=O)C(C)(C)C.CN1CCN(C(=O)C(C)(C)C)CC1.CN1CCN(C(=O)C(C)(C)C)CC1.CN1CCN(S(=O)(=O)C(C)(C)C)CC1.CNS(=O)(=O)C(C)(C)C. The molecule has 29 nitrogen and oxygen atoms in total. The third-order valence-corrected chi connectivity index (χ3v) is 31.2. The van der Waals surface area contributed by atoms with Gasteiger partial charge in [0.05, 0.1) is 19.0 Å². The number of hydrogen-bond acceptors (Lipinski definition) is 21. The number of nitrogens with two attached hydrogens (primary N) is 1. The average molecular weight is 1760 g/mol. The third kappa shape index (κ3) is 61.7. The predicted octanol–water partition coefficient (Wildman–Crippen LogP) is 12.2.